The number of aliphatic hydroxyl groups excluding tert-OH is 1. The Hall–Kier alpha value is -1.61. The van der Waals surface area contributed by atoms with Crippen LogP contribution in [-0.2, 0) is 11.2 Å². The summed E-state index contributed by atoms with van der Waals surface area (Å²) in [5.41, 5.74) is 3.06. The second-order valence-electron chi connectivity index (χ2n) is 5.32. The molecule has 0 spiro atoms. The molecule has 0 unspecified atom stereocenters. The lowest BCUT2D eigenvalue weighted by molar-refractivity contribution is -0.131. The zero-order valence-electron chi connectivity index (χ0n) is 11.0. The summed E-state index contributed by atoms with van der Waals surface area (Å²) in [6, 6.07) is 10.1. The molecule has 1 heterocycles. The van der Waals surface area contributed by atoms with Gasteiger partial charge in [0.1, 0.15) is 0 Å². The number of rotatable bonds is 3. The van der Waals surface area contributed by atoms with Crippen LogP contribution < -0.4 is 0 Å². The van der Waals surface area contributed by atoms with Gasteiger partial charge in [0, 0.05) is 12.1 Å². The first kappa shape index (κ1) is 12.4. The molecule has 0 aromatic heterocycles. The second kappa shape index (κ2) is 5.17. The molecule has 1 aliphatic carbocycles. The Morgan fingerprint density at radius 1 is 1.16 bits per heavy atom. The number of carbonyl (C=O) groups is 1. The maximum absolute atomic E-state index is 12.3. The van der Waals surface area contributed by atoms with Crippen LogP contribution in [0, 0.1) is 0 Å². The van der Waals surface area contributed by atoms with E-state index in [0.717, 1.165) is 43.3 Å². The number of hydrogen-bond donors (Lipinski definition) is 1. The van der Waals surface area contributed by atoms with Crippen molar-refractivity contribution in [3.05, 3.63) is 47.0 Å². The molecule has 0 fully saturated rings. The minimum Gasteiger partial charge on any atom is -0.369 e. The van der Waals surface area contributed by atoms with Crippen LogP contribution in [0.1, 0.15) is 31.2 Å². The van der Waals surface area contributed by atoms with Gasteiger partial charge in [-0.05, 0) is 43.2 Å². The highest BCUT2D eigenvalue weighted by Gasteiger charge is 2.38. The molecule has 2 aliphatic rings. The lowest BCUT2D eigenvalue weighted by atomic mass is 9.93. The first-order valence-corrected chi connectivity index (χ1v) is 7.02. The highest BCUT2D eigenvalue weighted by atomic mass is 16.3. The number of hydrogen-bond acceptors (Lipinski definition) is 2. The van der Waals surface area contributed by atoms with E-state index in [1.165, 1.54) is 5.56 Å². The minimum atomic E-state index is -0.675. The van der Waals surface area contributed by atoms with Gasteiger partial charge in [0.25, 0.3) is 5.91 Å². The molecule has 1 aliphatic heterocycles. The Morgan fingerprint density at radius 3 is 2.63 bits per heavy atom. The summed E-state index contributed by atoms with van der Waals surface area (Å²) in [4.78, 5) is 13.9. The topological polar surface area (TPSA) is 40.5 Å². The van der Waals surface area contributed by atoms with Crippen LogP contribution in [0.25, 0.3) is 0 Å². The van der Waals surface area contributed by atoms with Gasteiger partial charge in [-0.25, -0.2) is 0 Å². The van der Waals surface area contributed by atoms with E-state index in [0.29, 0.717) is 6.54 Å². The molecule has 0 radical (unpaired) electrons. The van der Waals surface area contributed by atoms with Gasteiger partial charge in [0.2, 0.25) is 0 Å². The summed E-state index contributed by atoms with van der Waals surface area (Å²) in [5.74, 6) is 0.0538. The van der Waals surface area contributed by atoms with Gasteiger partial charge in [-0.1, -0.05) is 30.3 Å². The van der Waals surface area contributed by atoms with E-state index in [2.05, 4.69) is 12.1 Å². The third-order valence-corrected chi connectivity index (χ3v) is 4.12. The van der Waals surface area contributed by atoms with Crippen LogP contribution in [0.2, 0.25) is 0 Å². The first-order valence-electron chi connectivity index (χ1n) is 7.02. The molecule has 100 valence electrons. The van der Waals surface area contributed by atoms with E-state index in [1.807, 2.05) is 18.2 Å². The minimum absolute atomic E-state index is 0.0538. The van der Waals surface area contributed by atoms with Crippen LogP contribution in [0.4, 0.5) is 0 Å². The zero-order valence-corrected chi connectivity index (χ0v) is 11.0. The van der Waals surface area contributed by atoms with Gasteiger partial charge >= 0.3 is 0 Å². The molecule has 0 saturated heterocycles. The molecule has 1 amide bonds. The number of benzene rings is 1. The van der Waals surface area contributed by atoms with Gasteiger partial charge in [-0.3, -0.25) is 4.79 Å². The summed E-state index contributed by atoms with van der Waals surface area (Å²) >= 11 is 0. The molecule has 3 nitrogen and oxygen atoms in total. The smallest absolute Gasteiger partial charge is 0.252 e. The van der Waals surface area contributed by atoms with Gasteiger partial charge < -0.3 is 10.0 Å². The molecular weight excluding hydrogens is 238 g/mol. The third kappa shape index (κ3) is 2.30. The van der Waals surface area contributed by atoms with E-state index >= 15 is 0 Å². The predicted molar refractivity (Wildman–Crippen MR) is 73.4 cm³/mol. The third-order valence-electron chi connectivity index (χ3n) is 4.12. The number of aliphatic hydroxyl groups is 1. The number of carbonyl (C=O) groups excluding carboxylic acids is 1. The van der Waals surface area contributed by atoms with Gasteiger partial charge in [-0.15, -0.1) is 0 Å². The van der Waals surface area contributed by atoms with Crippen LogP contribution >= 0.6 is 0 Å². The van der Waals surface area contributed by atoms with Crippen LogP contribution in [0.15, 0.2) is 41.5 Å². The van der Waals surface area contributed by atoms with Crippen LogP contribution in [0.5, 0.6) is 0 Å². The van der Waals surface area contributed by atoms with Gasteiger partial charge in [-0.2, -0.15) is 0 Å². The van der Waals surface area contributed by atoms with Crippen molar-refractivity contribution in [2.75, 3.05) is 6.54 Å². The monoisotopic (exact) mass is 257 g/mol. The van der Waals surface area contributed by atoms with Crippen molar-refractivity contribution in [1.29, 1.82) is 0 Å². The summed E-state index contributed by atoms with van der Waals surface area (Å²) < 4.78 is 0. The molecule has 1 aromatic rings. The molecule has 0 saturated carbocycles. The maximum atomic E-state index is 12.3. The van der Waals surface area contributed by atoms with E-state index in [9.17, 15) is 9.90 Å². The highest BCUT2D eigenvalue weighted by Crippen LogP contribution is 2.35. The molecule has 1 N–H and O–H groups in total. The van der Waals surface area contributed by atoms with E-state index in [-0.39, 0.29) is 5.91 Å². The lowest BCUT2D eigenvalue weighted by Crippen LogP contribution is -2.37. The van der Waals surface area contributed by atoms with Crippen LogP contribution in [0.3, 0.4) is 0 Å². The van der Waals surface area contributed by atoms with E-state index in [4.69, 9.17) is 0 Å². The second-order valence-corrected chi connectivity index (χ2v) is 5.32. The summed E-state index contributed by atoms with van der Waals surface area (Å²) in [5, 5.41) is 10.3. The maximum Gasteiger partial charge on any atom is 0.252 e. The fourth-order valence-corrected chi connectivity index (χ4v) is 3.05. The predicted octanol–water partition coefficient (Wildman–Crippen LogP) is 2.26. The van der Waals surface area contributed by atoms with Crippen molar-refractivity contribution < 1.29 is 9.90 Å². The number of nitrogens with zero attached hydrogens (tertiary/aromatic N) is 1. The van der Waals surface area contributed by atoms with E-state index < -0.39 is 6.23 Å². The standard InChI is InChI=1S/C16H19NO2/c18-15-13-8-4-5-9-14(13)16(19)17(15)11-10-12-6-2-1-3-7-12/h1-3,6-7,15,18H,4-5,8-11H2/t15-/m1/s1. The van der Waals surface area contributed by atoms with Crippen molar-refractivity contribution >= 4 is 5.91 Å². The van der Waals surface area contributed by atoms with Crippen molar-refractivity contribution in [1.82, 2.24) is 4.90 Å². The highest BCUT2D eigenvalue weighted by molar-refractivity contribution is 5.97. The molecule has 1 aromatic carbocycles. The summed E-state index contributed by atoms with van der Waals surface area (Å²) in [6.07, 6.45) is 4.01. The molecule has 19 heavy (non-hydrogen) atoms. The lowest BCUT2D eigenvalue weighted by Gasteiger charge is -2.22. The SMILES string of the molecule is O=C1C2=C(CCCC2)[C@@H](O)N1CCc1ccccc1. The van der Waals surface area contributed by atoms with E-state index in [1.54, 1.807) is 4.90 Å². The van der Waals surface area contributed by atoms with Crippen molar-refractivity contribution in [2.45, 2.75) is 38.3 Å². The first-order chi connectivity index (χ1) is 9.27. The van der Waals surface area contributed by atoms with Crippen molar-refractivity contribution in [3.63, 3.8) is 0 Å². The van der Waals surface area contributed by atoms with Gasteiger partial charge in [0.15, 0.2) is 6.23 Å². The molecule has 1 atom stereocenters. The summed E-state index contributed by atoms with van der Waals surface area (Å²) in [7, 11) is 0. The molecule has 3 heteroatoms. The van der Waals surface area contributed by atoms with Crippen molar-refractivity contribution in [2.24, 2.45) is 0 Å². The van der Waals surface area contributed by atoms with Gasteiger partial charge in [0.05, 0.1) is 0 Å². The molecular formula is C16H19NO2. The number of amides is 1. The Bertz CT molecular complexity index is 507. The fourth-order valence-electron chi connectivity index (χ4n) is 3.05. The average Bonchev–Trinajstić information content (AvgIpc) is 2.71. The zero-order chi connectivity index (χ0) is 13.2. The Balaban J connectivity index is 1.68. The Kier molecular flexibility index (Phi) is 3.38. The quantitative estimate of drug-likeness (QED) is 0.902. The van der Waals surface area contributed by atoms with Crippen LogP contribution in [-0.4, -0.2) is 28.7 Å². The Morgan fingerprint density at radius 2 is 1.89 bits per heavy atom. The molecule has 3 rings (SSSR count). The normalized spacial score (nSPS) is 22.9. The largest absolute Gasteiger partial charge is 0.369 e. The average molecular weight is 257 g/mol. The fraction of sp³-hybridized carbons (Fsp3) is 0.438. The molecule has 0 bridgehead atoms. The Labute approximate surface area is 113 Å². The summed E-state index contributed by atoms with van der Waals surface area (Å²) in [6.45, 7) is 0.594. The van der Waals surface area contributed by atoms with Crippen molar-refractivity contribution in [3.8, 4) is 0 Å².